The van der Waals surface area contributed by atoms with Gasteiger partial charge in [0.1, 0.15) is 0 Å². The van der Waals surface area contributed by atoms with Crippen LogP contribution < -0.4 is 10.6 Å². The van der Waals surface area contributed by atoms with Gasteiger partial charge < -0.3 is 15.4 Å². The monoisotopic (exact) mass is 341 g/mol. The van der Waals surface area contributed by atoms with Crippen LogP contribution >= 0.6 is 0 Å². The lowest BCUT2D eigenvalue weighted by molar-refractivity contribution is -0.00834. The van der Waals surface area contributed by atoms with E-state index in [0.29, 0.717) is 12.1 Å². The van der Waals surface area contributed by atoms with Gasteiger partial charge in [0.25, 0.3) is 0 Å². The van der Waals surface area contributed by atoms with Gasteiger partial charge in [-0.15, -0.1) is 0 Å². The van der Waals surface area contributed by atoms with Gasteiger partial charge in [-0.3, -0.25) is 14.8 Å². The quantitative estimate of drug-likeness (QED) is 0.516. The summed E-state index contributed by atoms with van der Waals surface area (Å²) in [5, 5.41) is 6.92. The van der Waals surface area contributed by atoms with E-state index < -0.39 is 0 Å². The Hall–Kier alpha value is -0.850. The van der Waals surface area contributed by atoms with Gasteiger partial charge in [0, 0.05) is 57.4 Å². The Balaban J connectivity index is 2.39. The molecule has 6 nitrogen and oxygen atoms in total. The van der Waals surface area contributed by atoms with E-state index in [4.69, 9.17) is 4.74 Å². The van der Waals surface area contributed by atoms with Crippen molar-refractivity contribution in [3.8, 4) is 0 Å². The first-order valence-corrected chi connectivity index (χ1v) is 9.31. The maximum Gasteiger partial charge on any atom is 0.191 e. The SMILES string of the molecule is CN=C(NCCN(C(C)C)C(C)C)NCC(C)(C)N1CCOCC1. The summed E-state index contributed by atoms with van der Waals surface area (Å²) in [5.74, 6) is 0.879. The normalized spacial score (nSPS) is 17.8. The molecule has 0 unspecified atom stereocenters. The van der Waals surface area contributed by atoms with Crippen molar-refractivity contribution in [1.82, 2.24) is 20.4 Å². The first kappa shape index (κ1) is 21.2. The van der Waals surface area contributed by atoms with Crippen molar-refractivity contribution < 1.29 is 4.74 Å². The van der Waals surface area contributed by atoms with E-state index in [1.54, 1.807) is 0 Å². The van der Waals surface area contributed by atoms with Gasteiger partial charge in [-0.25, -0.2) is 0 Å². The molecule has 1 aliphatic rings. The molecular weight excluding hydrogens is 302 g/mol. The minimum Gasteiger partial charge on any atom is -0.379 e. The van der Waals surface area contributed by atoms with Crippen molar-refractivity contribution >= 4 is 5.96 Å². The number of morpholine rings is 1. The van der Waals surface area contributed by atoms with Gasteiger partial charge >= 0.3 is 0 Å². The third-order valence-corrected chi connectivity index (χ3v) is 4.77. The third kappa shape index (κ3) is 6.95. The van der Waals surface area contributed by atoms with Gasteiger partial charge in [0.2, 0.25) is 0 Å². The molecule has 24 heavy (non-hydrogen) atoms. The fraction of sp³-hybridized carbons (Fsp3) is 0.944. The average Bonchev–Trinajstić information content (AvgIpc) is 2.54. The third-order valence-electron chi connectivity index (χ3n) is 4.77. The van der Waals surface area contributed by atoms with Crippen LogP contribution in [0, 0.1) is 0 Å². The predicted octanol–water partition coefficient (Wildman–Crippen LogP) is 1.38. The Morgan fingerprint density at radius 1 is 1.12 bits per heavy atom. The molecule has 1 fully saturated rings. The number of guanidine groups is 1. The van der Waals surface area contributed by atoms with E-state index >= 15 is 0 Å². The first-order chi connectivity index (χ1) is 11.3. The lowest BCUT2D eigenvalue weighted by atomic mass is 10.0. The van der Waals surface area contributed by atoms with Gasteiger partial charge in [-0.05, 0) is 41.5 Å². The highest BCUT2D eigenvalue weighted by molar-refractivity contribution is 5.79. The topological polar surface area (TPSA) is 52.1 Å². The van der Waals surface area contributed by atoms with Gasteiger partial charge in [0.15, 0.2) is 5.96 Å². The van der Waals surface area contributed by atoms with Crippen molar-refractivity contribution in [1.29, 1.82) is 0 Å². The standard InChI is InChI=1S/C18H39N5O/c1-15(2)23(16(3)4)9-8-20-17(19-7)21-14-18(5,6)22-10-12-24-13-11-22/h15-16H,8-14H2,1-7H3,(H2,19,20,21). The second-order valence-electron chi connectivity index (χ2n) is 7.69. The molecule has 1 saturated heterocycles. The average molecular weight is 342 g/mol. The number of nitrogens with one attached hydrogen (secondary N) is 2. The molecule has 0 aromatic carbocycles. The minimum atomic E-state index is 0.0866. The summed E-state index contributed by atoms with van der Waals surface area (Å²) in [5.41, 5.74) is 0.0866. The maximum atomic E-state index is 5.45. The van der Waals surface area contributed by atoms with Crippen LogP contribution in [-0.2, 0) is 4.74 Å². The molecule has 0 aromatic rings. The van der Waals surface area contributed by atoms with Crippen molar-refractivity contribution in [3.63, 3.8) is 0 Å². The predicted molar refractivity (Wildman–Crippen MR) is 103 cm³/mol. The fourth-order valence-electron chi connectivity index (χ4n) is 3.22. The number of hydrogen-bond donors (Lipinski definition) is 2. The van der Waals surface area contributed by atoms with Crippen LogP contribution in [0.5, 0.6) is 0 Å². The van der Waals surface area contributed by atoms with Crippen LogP contribution in [0.1, 0.15) is 41.5 Å². The molecule has 2 N–H and O–H groups in total. The number of rotatable bonds is 8. The summed E-state index contributed by atoms with van der Waals surface area (Å²) in [6.07, 6.45) is 0. The summed E-state index contributed by atoms with van der Waals surface area (Å²) >= 11 is 0. The first-order valence-electron chi connectivity index (χ1n) is 9.31. The highest BCUT2D eigenvalue weighted by Crippen LogP contribution is 2.14. The van der Waals surface area contributed by atoms with Gasteiger partial charge in [0.05, 0.1) is 13.2 Å². The van der Waals surface area contributed by atoms with Crippen LogP contribution in [-0.4, -0.2) is 86.4 Å². The number of nitrogens with zero attached hydrogens (tertiary/aromatic N) is 3. The Morgan fingerprint density at radius 3 is 2.21 bits per heavy atom. The molecule has 0 aliphatic carbocycles. The molecule has 0 bridgehead atoms. The van der Waals surface area contributed by atoms with Crippen LogP contribution in [0.15, 0.2) is 4.99 Å². The zero-order chi connectivity index (χ0) is 18.2. The molecule has 0 aromatic heterocycles. The zero-order valence-electron chi connectivity index (χ0n) is 16.9. The van der Waals surface area contributed by atoms with E-state index in [9.17, 15) is 0 Å². The molecule has 0 atom stereocenters. The molecule has 0 radical (unpaired) electrons. The lowest BCUT2D eigenvalue weighted by Gasteiger charge is -2.41. The van der Waals surface area contributed by atoms with E-state index in [-0.39, 0.29) is 5.54 Å². The van der Waals surface area contributed by atoms with E-state index in [1.807, 2.05) is 7.05 Å². The van der Waals surface area contributed by atoms with Gasteiger partial charge in [-0.1, -0.05) is 0 Å². The molecule has 142 valence electrons. The van der Waals surface area contributed by atoms with Crippen LogP contribution in [0.2, 0.25) is 0 Å². The van der Waals surface area contributed by atoms with Gasteiger partial charge in [-0.2, -0.15) is 0 Å². The molecule has 6 heteroatoms. The Bertz CT molecular complexity index is 368. The summed E-state index contributed by atoms with van der Waals surface area (Å²) in [6, 6.07) is 1.11. The highest BCUT2D eigenvalue weighted by Gasteiger charge is 2.28. The summed E-state index contributed by atoms with van der Waals surface area (Å²) in [4.78, 5) is 9.32. The van der Waals surface area contributed by atoms with Crippen molar-refractivity contribution in [3.05, 3.63) is 0 Å². The Kier molecular flexibility index (Phi) is 9.02. The number of aliphatic imine (C=N–C) groups is 1. The second-order valence-corrected chi connectivity index (χ2v) is 7.69. The summed E-state index contributed by atoms with van der Waals surface area (Å²) < 4.78 is 5.45. The zero-order valence-corrected chi connectivity index (χ0v) is 16.9. The molecular formula is C18H39N5O. The van der Waals surface area contributed by atoms with Crippen molar-refractivity contribution in [2.45, 2.75) is 59.2 Å². The smallest absolute Gasteiger partial charge is 0.191 e. The Morgan fingerprint density at radius 2 is 1.71 bits per heavy atom. The van der Waals surface area contributed by atoms with Crippen molar-refractivity contribution in [2.75, 3.05) is 53.0 Å². The minimum absolute atomic E-state index is 0.0866. The highest BCUT2D eigenvalue weighted by atomic mass is 16.5. The van der Waals surface area contributed by atoms with E-state index in [2.05, 4.69) is 67.0 Å². The number of hydrogen-bond acceptors (Lipinski definition) is 4. The fourth-order valence-corrected chi connectivity index (χ4v) is 3.22. The largest absolute Gasteiger partial charge is 0.379 e. The number of ether oxygens (including phenoxy) is 1. The van der Waals surface area contributed by atoms with E-state index in [1.165, 1.54) is 0 Å². The molecule has 0 saturated carbocycles. The molecule has 1 aliphatic heterocycles. The molecule has 1 heterocycles. The lowest BCUT2D eigenvalue weighted by Crippen LogP contribution is -2.56. The Labute approximate surface area is 149 Å². The van der Waals surface area contributed by atoms with E-state index in [0.717, 1.165) is 51.9 Å². The van der Waals surface area contributed by atoms with Crippen LogP contribution in [0.3, 0.4) is 0 Å². The maximum absolute atomic E-state index is 5.45. The molecule has 1 rings (SSSR count). The van der Waals surface area contributed by atoms with Crippen LogP contribution in [0.4, 0.5) is 0 Å². The molecule has 0 spiro atoms. The van der Waals surface area contributed by atoms with Crippen molar-refractivity contribution in [2.24, 2.45) is 4.99 Å². The summed E-state index contributed by atoms with van der Waals surface area (Å²) in [6.45, 7) is 20.0. The summed E-state index contributed by atoms with van der Waals surface area (Å²) in [7, 11) is 1.83. The van der Waals surface area contributed by atoms with Crippen LogP contribution in [0.25, 0.3) is 0 Å². The molecule has 0 amide bonds. The second kappa shape index (κ2) is 10.2.